The number of hydrogen-bond donors (Lipinski definition) is 0. The maximum atomic E-state index is 10.8. The van der Waals surface area contributed by atoms with Crippen molar-refractivity contribution in [2.24, 2.45) is 11.3 Å². The minimum atomic E-state index is 0.148. The molecule has 1 saturated carbocycles. The Morgan fingerprint density at radius 2 is 1.86 bits per heavy atom. The number of carbonyl (C=O) groups is 1. The van der Waals surface area contributed by atoms with Crippen molar-refractivity contribution < 1.29 is 4.79 Å². The van der Waals surface area contributed by atoms with Gasteiger partial charge in [-0.1, -0.05) is 41.9 Å². The first-order chi connectivity index (χ1) is 6.57. The van der Waals surface area contributed by atoms with Gasteiger partial charge < -0.3 is 4.79 Å². The number of aldehydes is 1. The van der Waals surface area contributed by atoms with Gasteiger partial charge in [0.2, 0.25) is 0 Å². The van der Waals surface area contributed by atoms with Crippen molar-refractivity contribution in [1.29, 1.82) is 0 Å². The van der Waals surface area contributed by atoms with Crippen LogP contribution in [0.2, 0.25) is 0 Å². The Hall–Kier alpha value is -0.630. The summed E-state index contributed by atoms with van der Waals surface area (Å²) in [5.74, 6) is 0.608. The van der Waals surface area contributed by atoms with Crippen LogP contribution < -0.4 is 0 Å². The third kappa shape index (κ3) is 1.42. The second-order valence-electron chi connectivity index (χ2n) is 4.51. The Kier molecular flexibility index (Phi) is 2.26. The molecule has 0 radical (unpaired) electrons. The molecule has 0 aliphatic heterocycles. The quantitative estimate of drug-likeness (QED) is 0.738. The standard InChI is InChI=1S/C12H13BrO/c1-12(2)10(7-14)11(12)8-3-5-9(13)6-4-8/h3-7,10-11H,1-2H3/t10-,11-/m1/s1. The van der Waals surface area contributed by atoms with Crippen molar-refractivity contribution in [3.63, 3.8) is 0 Å². The molecule has 0 amide bonds. The van der Waals surface area contributed by atoms with Crippen LogP contribution in [0.15, 0.2) is 28.7 Å². The average Bonchev–Trinajstić information content (AvgIpc) is 2.69. The van der Waals surface area contributed by atoms with Gasteiger partial charge in [-0.3, -0.25) is 0 Å². The average molecular weight is 253 g/mol. The monoisotopic (exact) mass is 252 g/mol. The lowest BCUT2D eigenvalue weighted by molar-refractivity contribution is -0.109. The molecule has 1 nitrogen and oxygen atoms in total. The van der Waals surface area contributed by atoms with Gasteiger partial charge in [-0.15, -0.1) is 0 Å². The lowest BCUT2D eigenvalue weighted by atomic mass is 10.0. The Balaban J connectivity index is 2.26. The summed E-state index contributed by atoms with van der Waals surface area (Å²) >= 11 is 3.41. The molecule has 0 aromatic heterocycles. The van der Waals surface area contributed by atoms with Gasteiger partial charge in [0.05, 0.1) is 0 Å². The van der Waals surface area contributed by atoms with E-state index in [1.807, 2.05) is 12.1 Å². The second kappa shape index (κ2) is 3.20. The molecular formula is C12H13BrO. The van der Waals surface area contributed by atoms with E-state index < -0.39 is 0 Å². The summed E-state index contributed by atoms with van der Waals surface area (Å²) in [6.45, 7) is 4.30. The molecule has 0 bridgehead atoms. The molecule has 1 fully saturated rings. The molecule has 2 heteroatoms. The van der Waals surface area contributed by atoms with Gasteiger partial charge in [0.1, 0.15) is 6.29 Å². The third-order valence-electron chi connectivity index (χ3n) is 3.29. The van der Waals surface area contributed by atoms with E-state index in [-0.39, 0.29) is 11.3 Å². The molecule has 0 saturated heterocycles. The Bertz CT molecular complexity index is 353. The minimum absolute atomic E-state index is 0.148. The van der Waals surface area contributed by atoms with Crippen molar-refractivity contribution >= 4 is 22.2 Å². The van der Waals surface area contributed by atoms with E-state index in [1.54, 1.807) is 0 Å². The molecule has 0 spiro atoms. The van der Waals surface area contributed by atoms with Gasteiger partial charge in [0.15, 0.2) is 0 Å². The van der Waals surface area contributed by atoms with Crippen LogP contribution in [0, 0.1) is 11.3 Å². The van der Waals surface area contributed by atoms with Crippen molar-refractivity contribution in [2.75, 3.05) is 0 Å². The fraction of sp³-hybridized carbons (Fsp3) is 0.417. The van der Waals surface area contributed by atoms with Crippen molar-refractivity contribution in [3.05, 3.63) is 34.3 Å². The summed E-state index contributed by atoms with van der Waals surface area (Å²) in [5, 5.41) is 0. The van der Waals surface area contributed by atoms with E-state index in [4.69, 9.17) is 0 Å². The van der Waals surface area contributed by atoms with Gasteiger partial charge in [-0.2, -0.15) is 0 Å². The van der Waals surface area contributed by atoms with E-state index in [0.717, 1.165) is 10.8 Å². The minimum Gasteiger partial charge on any atom is -0.303 e. The fourth-order valence-corrected chi connectivity index (χ4v) is 2.50. The highest BCUT2D eigenvalue weighted by molar-refractivity contribution is 9.10. The number of carbonyl (C=O) groups excluding carboxylic acids is 1. The highest BCUT2D eigenvalue weighted by atomic mass is 79.9. The van der Waals surface area contributed by atoms with Crippen molar-refractivity contribution in [2.45, 2.75) is 19.8 Å². The molecule has 1 aromatic rings. The van der Waals surface area contributed by atoms with Gasteiger partial charge >= 0.3 is 0 Å². The highest BCUT2D eigenvalue weighted by Gasteiger charge is 2.58. The molecule has 1 aromatic carbocycles. The number of hydrogen-bond acceptors (Lipinski definition) is 1. The molecule has 0 heterocycles. The van der Waals surface area contributed by atoms with Gasteiger partial charge in [-0.25, -0.2) is 0 Å². The second-order valence-corrected chi connectivity index (χ2v) is 5.43. The number of halogens is 1. The molecule has 14 heavy (non-hydrogen) atoms. The lowest BCUT2D eigenvalue weighted by Gasteiger charge is -2.02. The van der Waals surface area contributed by atoms with E-state index in [0.29, 0.717) is 5.92 Å². The van der Waals surface area contributed by atoms with Crippen LogP contribution in [0.25, 0.3) is 0 Å². The summed E-state index contributed by atoms with van der Waals surface area (Å²) in [6, 6.07) is 8.26. The summed E-state index contributed by atoms with van der Waals surface area (Å²) in [5.41, 5.74) is 1.42. The molecule has 0 N–H and O–H groups in total. The van der Waals surface area contributed by atoms with Crippen LogP contribution in [-0.2, 0) is 4.79 Å². The topological polar surface area (TPSA) is 17.1 Å². The first-order valence-electron chi connectivity index (χ1n) is 4.78. The van der Waals surface area contributed by atoms with Gasteiger partial charge in [0, 0.05) is 10.4 Å². The van der Waals surface area contributed by atoms with Gasteiger partial charge in [0.25, 0.3) is 0 Å². The van der Waals surface area contributed by atoms with Crippen LogP contribution in [0.5, 0.6) is 0 Å². The molecule has 2 rings (SSSR count). The van der Waals surface area contributed by atoms with Crippen LogP contribution in [-0.4, -0.2) is 6.29 Å². The molecule has 0 unspecified atom stereocenters. The lowest BCUT2D eigenvalue weighted by Crippen LogP contribution is -1.90. The number of benzene rings is 1. The summed E-state index contributed by atoms with van der Waals surface area (Å²) in [7, 11) is 0. The maximum absolute atomic E-state index is 10.8. The van der Waals surface area contributed by atoms with Gasteiger partial charge in [-0.05, 0) is 29.0 Å². The van der Waals surface area contributed by atoms with Crippen molar-refractivity contribution in [1.82, 2.24) is 0 Å². The largest absolute Gasteiger partial charge is 0.303 e. The molecule has 1 aliphatic rings. The zero-order chi connectivity index (χ0) is 10.3. The smallest absolute Gasteiger partial charge is 0.124 e. The fourth-order valence-electron chi connectivity index (χ4n) is 2.24. The summed E-state index contributed by atoms with van der Waals surface area (Å²) < 4.78 is 1.09. The van der Waals surface area contributed by atoms with Crippen LogP contribution in [0.3, 0.4) is 0 Å². The van der Waals surface area contributed by atoms with Crippen molar-refractivity contribution in [3.8, 4) is 0 Å². The Morgan fingerprint density at radius 1 is 1.29 bits per heavy atom. The van der Waals surface area contributed by atoms with E-state index in [1.165, 1.54) is 5.56 Å². The third-order valence-corrected chi connectivity index (χ3v) is 3.82. The van der Waals surface area contributed by atoms with E-state index >= 15 is 0 Å². The first-order valence-corrected chi connectivity index (χ1v) is 5.57. The predicted molar refractivity (Wildman–Crippen MR) is 60.2 cm³/mol. The van der Waals surface area contributed by atoms with Crippen LogP contribution in [0.4, 0.5) is 0 Å². The zero-order valence-corrected chi connectivity index (χ0v) is 9.91. The Morgan fingerprint density at radius 3 is 2.29 bits per heavy atom. The zero-order valence-electron chi connectivity index (χ0n) is 8.33. The molecule has 74 valence electrons. The Labute approximate surface area is 92.6 Å². The highest BCUT2D eigenvalue weighted by Crippen LogP contribution is 2.63. The van der Waals surface area contributed by atoms with Crippen LogP contribution in [0.1, 0.15) is 25.3 Å². The molecule has 1 aliphatic carbocycles. The maximum Gasteiger partial charge on any atom is 0.124 e. The van der Waals surface area contributed by atoms with E-state index in [2.05, 4.69) is 41.9 Å². The normalized spacial score (nSPS) is 28.5. The summed E-state index contributed by atoms with van der Waals surface area (Å²) in [6.07, 6.45) is 1.09. The number of rotatable bonds is 2. The molecule has 2 atom stereocenters. The summed E-state index contributed by atoms with van der Waals surface area (Å²) in [4.78, 5) is 10.8. The predicted octanol–water partition coefficient (Wildman–Crippen LogP) is 3.39. The van der Waals surface area contributed by atoms with Crippen LogP contribution >= 0.6 is 15.9 Å². The first kappa shape index (κ1) is 9.91. The van der Waals surface area contributed by atoms with E-state index in [9.17, 15) is 4.79 Å². The molecular weight excluding hydrogens is 240 g/mol. The SMILES string of the molecule is CC1(C)[C@H](C=O)[C@H]1c1ccc(Br)cc1.